The second-order valence-corrected chi connectivity index (χ2v) is 6.65. The first kappa shape index (κ1) is 16.9. The van der Waals surface area contributed by atoms with E-state index in [1.54, 1.807) is 0 Å². The average Bonchev–Trinajstić information content (AvgIpc) is 2.18. The fraction of sp³-hybridized carbons (Fsp3) is 1.00. The smallest absolute Gasteiger partial charge is 0.0780 e. The van der Waals surface area contributed by atoms with Gasteiger partial charge in [-0.3, -0.25) is 0 Å². The SMILES string of the molecule is CN(C)CCCCCCCCCC[N+](C)(C)C. The van der Waals surface area contributed by atoms with Gasteiger partial charge >= 0.3 is 0 Å². The highest BCUT2D eigenvalue weighted by Crippen LogP contribution is 2.09. The van der Waals surface area contributed by atoms with Crippen molar-refractivity contribution < 1.29 is 4.48 Å². The number of nitrogens with zero attached hydrogens (tertiary/aromatic N) is 2. The maximum atomic E-state index is 2.28. The third-order valence-electron chi connectivity index (χ3n) is 3.18. The molecule has 0 saturated heterocycles. The molecule has 0 aliphatic rings. The fourth-order valence-electron chi connectivity index (χ4n) is 2.07. The lowest BCUT2D eigenvalue weighted by Crippen LogP contribution is -2.35. The summed E-state index contributed by atoms with van der Waals surface area (Å²) in [5.41, 5.74) is 0. The highest BCUT2D eigenvalue weighted by Gasteiger charge is 2.04. The summed E-state index contributed by atoms with van der Waals surface area (Å²) in [6.45, 7) is 2.58. The Hall–Kier alpha value is -0.0800. The Morgan fingerprint density at radius 2 is 1.06 bits per heavy atom. The van der Waals surface area contributed by atoms with Crippen LogP contribution in [0.5, 0.6) is 0 Å². The third-order valence-corrected chi connectivity index (χ3v) is 3.18. The Bertz CT molecular complexity index is 159. The minimum absolute atomic E-state index is 1.12. The second kappa shape index (κ2) is 9.90. The van der Waals surface area contributed by atoms with Crippen molar-refractivity contribution in [3.05, 3.63) is 0 Å². The lowest BCUT2D eigenvalue weighted by atomic mass is 10.1. The van der Waals surface area contributed by atoms with Gasteiger partial charge in [-0.05, 0) is 39.9 Å². The standard InChI is InChI=1S/C15H35N2/c1-16(2)14-12-10-8-6-7-9-11-13-15-17(3,4)5/h6-15H2,1-5H3/q+1. The molecule has 0 amide bonds. The molecule has 0 spiro atoms. The highest BCUT2D eigenvalue weighted by atomic mass is 15.3. The summed E-state index contributed by atoms with van der Waals surface area (Å²) in [6.07, 6.45) is 11.4. The van der Waals surface area contributed by atoms with Gasteiger partial charge in [0.1, 0.15) is 0 Å². The zero-order valence-electron chi connectivity index (χ0n) is 13.0. The molecule has 0 unspecified atom stereocenters. The van der Waals surface area contributed by atoms with E-state index < -0.39 is 0 Å². The molecule has 0 aliphatic carbocycles. The molecule has 0 N–H and O–H groups in total. The van der Waals surface area contributed by atoms with Gasteiger partial charge in [-0.25, -0.2) is 0 Å². The second-order valence-electron chi connectivity index (χ2n) is 6.65. The van der Waals surface area contributed by atoms with Gasteiger partial charge in [-0.1, -0.05) is 32.1 Å². The molecule has 2 heteroatoms. The number of unbranched alkanes of at least 4 members (excludes halogenated alkanes) is 7. The van der Waals surface area contributed by atoms with Gasteiger partial charge in [-0.15, -0.1) is 0 Å². The van der Waals surface area contributed by atoms with Crippen LogP contribution in [0.3, 0.4) is 0 Å². The maximum absolute atomic E-state index is 2.28. The van der Waals surface area contributed by atoms with Crippen LogP contribution in [0.2, 0.25) is 0 Å². The molecule has 0 aromatic heterocycles. The van der Waals surface area contributed by atoms with Gasteiger partial charge in [0.2, 0.25) is 0 Å². The molecule has 0 aliphatic heterocycles. The van der Waals surface area contributed by atoms with Crippen LogP contribution < -0.4 is 0 Å². The number of quaternary nitrogens is 1. The van der Waals surface area contributed by atoms with Crippen molar-refractivity contribution in [2.45, 2.75) is 51.4 Å². The summed E-state index contributed by atoms with van der Waals surface area (Å²) in [4.78, 5) is 2.28. The molecule has 0 radical (unpaired) electrons. The van der Waals surface area contributed by atoms with E-state index in [-0.39, 0.29) is 0 Å². The molecular formula is C15H35N2+. The predicted octanol–water partition coefficient (Wildman–Crippen LogP) is 3.38. The van der Waals surface area contributed by atoms with Crippen molar-refractivity contribution in [2.24, 2.45) is 0 Å². The molecule has 0 bridgehead atoms. The van der Waals surface area contributed by atoms with E-state index in [2.05, 4.69) is 40.1 Å². The van der Waals surface area contributed by atoms with Crippen LogP contribution in [0.25, 0.3) is 0 Å². The first-order valence-corrected chi connectivity index (χ1v) is 7.37. The van der Waals surface area contributed by atoms with Crippen molar-refractivity contribution in [3.8, 4) is 0 Å². The quantitative estimate of drug-likeness (QED) is 0.397. The number of hydrogen-bond acceptors (Lipinski definition) is 1. The van der Waals surface area contributed by atoms with E-state index in [9.17, 15) is 0 Å². The monoisotopic (exact) mass is 243 g/mol. The Kier molecular flexibility index (Phi) is 9.85. The molecule has 0 heterocycles. The van der Waals surface area contributed by atoms with Gasteiger partial charge in [-0.2, -0.15) is 0 Å². The molecule has 0 fully saturated rings. The van der Waals surface area contributed by atoms with Gasteiger partial charge in [0.15, 0.2) is 0 Å². The van der Waals surface area contributed by atoms with E-state index in [0.29, 0.717) is 0 Å². The normalized spacial score (nSPS) is 12.4. The highest BCUT2D eigenvalue weighted by molar-refractivity contribution is 4.49. The molecule has 0 aromatic rings. The summed E-state index contributed by atoms with van der Waals surface area (Å²) in [7, 11) is 11.2. The van der Waals surface area contributed by atoms with E-state index in [0.717, 1.165) is 4.48 Å². The van der Waals surface area contributed by atoms with Crippen LogP contribution in [0.1, 0.15) is 51.4 Å². The first-order chi connectivity index (χ1) is 7.92. The molecule has 0 rings (SSSR count). The fourth-order valence-corrected chi connectivity index (χ4v) is 2.07. The van der Waals surface area contributed by atoms with Crippen molar-refractivity contribution in [3.63, 3.8) is 0 Å². The van der Waals surface area contributed by atoms with Crippen molar-refractivity contribution >= 4 is 0 Å². The van der Waals surface area contributed by atoms with Crippen LogP contribution in [-0.2, 0) is 0 Å². The molecule has 0 aromatic carbocycles. The summed E-state index contributed by atoms with van der Waals surface area (Å²) in [6, 6.07) is 0. The van der Waals surface area contributed by atoms with Crippen LogP contribution in [-0.4, -0.2) is 57.7 Å². The Balaban J connectivity index is 3.04. The van der Waals surface area contributed by atoms with Crippen LogP contribution in [0.4, 0.5) is 0 Å². The van der Waals surface area contributed by atoms with Gasteiger partial charge in [0.05, 0.1) is 27.7 Å². The van der Waals surface area contributed by atoms with Crippen LogP contribution in [0.15, 0.2) is 0 Å². The van der Waals surface area contributed by atoms with Crippen LogP contribution in [0, 0.1) is 0 Å². The minimum Gasteiger partial charge on any atom is -0.331 e. The van der Waals surface area contributed by atoms with E-state index in [4.69, 9.17) is 0 Å². The molecule has 0 saturated carbocycles. The van der Waals surface area contributed by atoms with Gasteiger partial charge < -0.3 is 9.38 Å². The van der Waals surface area contributed by atoms with Gasteiger partial charge in [0.25, 0.3) is 0 Å². The first-order valence-electron chi connectivity index (χ1n) is 7.37. The zero-order chi connectivity index (χ0) is 13.1. The molecule has 0 atom stereocenters. The summed E-state index contributed by atoms with van der Waals surface area (Å²) in [5.74, 6) is 0. The third kappa shape index (κ3) is 15.9. The molecule has 2 nitrogen and oxygen atoms in total. The van der Waals surface area contributed by atoms with E-state index in [1.165, 1.54) is 64.5 Å². The van der Waals surface area contributed by atoms with E-state index in [1.807, 2.05) is 0 Å². The Labute approximate surface area is 110 Å². The van der Waals surface area contributed by atoms with Crippen molar-refractivity contribution in [1.29, 1.82) is 0 Å². The van der Waals surface area contributed by atoms with Crippen LogP contribution >= 0.6 is 0 Å². The van der Waals surface area contributed by atoms with Gasteiger partial charge in [0, 0.05) is 0 Å². The summed E-state index contributed by atoms with van der Waals surface area (Å²) >= 11 is 0. The lowest BCUT2D eigenvalue weighted by Gasteiger charge is -2.23. The number of rotatable bonds is 11. The largest absolute Gasteiger partial charge is 0.331 e. The molecule has 17 heavy (non-hydrogen) atoms. The molecule has 104 valence electrons. The summed E-state index contributed by atoms with van der Waals surface area (Å²) in [5, 5.41) is 0. The van der Waals surface area contributed by atoms with E-state index >= 15 is 0 Å². The van der Waals surface area contributed by atoms with Crippen molar-refractivity contribution in [1.82, 2.24) is 4.90 Å². The number of hydrogen-bond donors (Lipinski definition) is 0. The zero-order valence-corrected chi connectivity index (χ0v) is 13.0. The Morgan fingerprint density at radius 1 is 0.647 bits per heavy atom. The molecular weight excluding hydrogens is 208 g/mol. The minimum atomic E-state index is 1.12. The average molecular weight is 243 g/mol. The topological polar surface area (TPSA) is 3.24 Å². The van der Waals surface area contributed by atoms with Crippen molar-refractivity contribution in [2.75, 3.05) is 48.3 Å². The lowest BCUT2D eigenvalue weighted by molar-refractivity contribution is -0.870. The summed E-state index contributed by atoms with van der Waals surface area (Å²) < 4.78 is 1.12. The predicted molar refractivity (Wildman–Crippen MR) is 78.4 cm³/mol. The Morgan fingerprint density at radius 3 is 1.47 bits per heavy atom. The maximum Gasteiger partial charge on any atom is 0.0780 e.